The Morgan fingerprint density at radius 3 is 2.61 bits per heavy atom. The lowest BCUT2D eigenvalue weighted by atomic mass is 9.98. The molecule has 1 fully saturated rings. The molecule has 7 heteroatoms. The molecule has 1 saturated heterocycles. The quantitative estimate of drug-likeness (QED) is 0.502. The van der Waals surface area contributed by atoms with Crippen LogP contribution in [0.4, 0.5) is 18.9 Å². The Morgan fingerprint density at radius 1 is 1.13 bits per heavy atom. The molecule has 0 bridgehead atoms. The highest BCUT2D eigenvalue weighted by molar-refractivity contribution is 5.88. The SMILES string of the molecule is Cc1ccccc1-c1ccc(N2CC[C@H](Oc3ccc(C(F)(F)F)cn3)C2)c(C=O)c1. The van der Waals surface area contributed by atoms with Crippen LogP contribution < -0.4 is 9.64 Å². The van der Waals surface area contributed by atoms with E-state index in [4.69, 9.17) is 4.74 Å². The van der Waals surface area contributed by atoms with Gasteiger partial charge < -0.3 is 9.64 Å². The van der Waals surface area contributed by atoms with E-state index in [1.165, 1.54) is 6.07 Å². The summed E-state index contributed by atoms with van der Waals surface area (Å²) < 4.78 is 43.8. The molecule has 1 aliphatic heterocycles. The zero-order chi connectivity index (χ0) is 22.0. The number of pyridine rings is 1. The fourth-order valence-corrected chi connectivity index (χ4v) is 3.83. The first-order valence-corrected chi connectivity index (χ1v) is 9.95. The monoisotopic (exact) mass is 426 g/mol. The Bertz CT molecular complexity index is 1080. The fourth-order valence-electron chi connectivity index (χ4n) is 3.83. The lowest BCUT2D eigenvalue weighted by Gasteiger charge is -2.21. The summed E-state index contributed by atoms with van der Waals surface area (Å²) in [6.07, 6.45) is -2.34. The molecular weight excluding hydrogens is 405 g/mol. The largest absolute Gasteiger partial charge is 0.472 e. The van der Waals surface area contributed by atoms with E-state index in [0.717, 1.165) is 40.9 Å². The van der Waals surface area contributed by atoms with Crippen molar-refractivity contribution < 1.29 is 22.7 Å². The molecule has 0 aliphatic carbocycles. The number of alkyl halides is 3. The van der Waals surface area contributed by atoms with Gasteiger partial charge >= 0.3 is 6.18 Å². The summed E-state index contributed by atoms with van der Waals surface area (Å²) >= 11 is 0. The summed E-state index contributed by atoms with van der Waals surface area (Å²) in [5.74, 6) is 0.158. The second-order valence-corrected chi connectivity index (χ2v) is 7.56. The Morgan fingerprint density at radius 2 is 1.94 bits per heavy atom. The molecule has 0 radical (unpaired) electrons. The molecule has 0 amide bonds. The minimum Gasteiger partial charge on any atom is -0.472 e. The van der Waals surface area contributed by atoms with Crippen LogP contribution in [0.25, 0.3) is 11.1 Å². The van der Waals surface area contributed by atoms with Crippen molar-refractivity contribution in [3.8, 4) is 17.0 Å². The van der Waals surface area contributed by atoms with Gasteiger partial charge in [-0.3, -0.25) is 4.79 Å². The first kappa shape index (κ1) is 20.9. The number of anilines is 1. The van der Waals surface area contributed by atoms with Crippen molar-refractivity contribution in [1.29, 1.82) is 0 Å². The Balaban J connectivity index is 1.47. The molecule has 4 nitrogen and oxygen atoms in total. The fraction of sp³-hybridized carbons (Fsp3) is 0.250. The van der Waals surface area contributed by atoms with Crippen LogP contribution in [-0.4, -0.2) is 30.5 Å². The lowest BCUT2D eigenvalue weighted by Crippen LogP contribution is -2.25. The summed E-state index contributed by atoms with van der Waals surface area (Å²) in [4.78, 5) is 17.6. The molecule has 160 valence electrons. The highest BCUT2D eigenvalue weighted by atomic mass is 19.4. The topological polar surface area (TPSA) is 42.4 Å². The lowest BCUT2D eigenvalue weighted by molar-refractivity contribution is -0.137. The minimum absolute atomic E-state index is 0.158. The standard InChI is InChI=1S/C24H21F3N2O2/c1-16-4-2-3-5-21(16)17-6-8-22(18(12-17)15-30)29-11-10-20(14-29)31-23-9-7-19(13-28-23)24(25,26)27/h2-9,12-13,15,20H,10-11,14H2,1H3/t20-/m0/s1. The molecule has 3 aromatic rings. The number of rotatable bonds is 5. The van der Waals surface area contributed by atoms with Gasteiger partial charge in [-0.1, -0.05) is 30.3 Å². The number of ether oxygens (including phenoxy) is 1. The van der Waals surface area contributed by atoms with Gasteiger partial charge in [0.05, 0.1) is 12.1 Å². The summed E-state index contributed by atoms with van der Waals surface area (Å²) in [5, 5.41) is 0. The predicted molar refractivity (Wildman–Crippen MR) is 112 cm³/mol. The van der Waals surface area contributed by atoms with Gasteiger partial charge in [-0.25, -0.2) is 4.98 Å². The van der Waals surface area contributed by atoms with Crippen LogP contribution in [-0.2, 0) is 6.18 Å². The van der Waals surface area contributed by atoms with Crippen LogP contribution in [0.2, 0.25) is 0 Å². The molecule has 31 heavy (non-hydrogen) atoms. The number of carbonyl (C=O) groups is 1. The van der Waals surface area contributed by atoms with Crippen LogP contribution >= 0.6 is 0 Å². The third-order valence-corrected chi connectivity index (χ3v) is 5.45. The highest BCUT2D eigenvalue weighted by Gasteiger charge is 2.31. The molecule has 2 heterocycles. The molecule has 2 aromatic carbocycles. The molecule has 0 saturated carbocycles. The van der Waals surface area contributed by atoms with Crippen molar-refractivity contribution in [1.82, 2.24) is 4.98 Å². The number of aromatic nitrogens is 1. The molecule has 1 aliphatic rings. The first-order valence-electron chi connectivity index (χ1n) is 9.95. The average Bonchev–Trinajstić information content (AvgIpc) is 3.21. The van der Waals surface area contributed by atoms with Gasteiger partial charge in [0, 0.05) is 36.5 Å². The number of aryl methyl sites for hydroxylation is 1. The number of halogens is 3. The van der Waals surface area contributed by atoms with Crippen LogP contribution in [0, 0.1) is 6.92 Å². The van der Waals surface area contributed by atoms with Crippen LogP contribution in [0.3, 0.4) is 0 Å². The van der Waals surface area contributed by atoms with Crippen LogP contribution in [0.15, 0.2) is 60.8 Å². The molecule has 0 N–H and O–H groups in total. The van der Waals surface area contributed by atoms with E-state index in [9.17, 15) is 18.0 Å². The van der Waals surface area contributed by atoms with Crippen molar-refractivity contribution in [3.05, 3.63) is 77.5 Å². The Kier molecular flexibility index (Phi) is 5.67. The third-order valence-electron chi connectivity index (χ3n) is 5.45. The average molecular weight is 426 g/mol. The van der Waals surface area contributed by atoms with E-state index in [-0.39, 0.29) is 12.0 Å². The van der Waals surface area contributed by atoms with Crippen molar-refractivity contribution in [2.24, 2.45) is 0 Å². The van der Waals surface area contributed by atoms with Crippen molar-refractivity contribution in [3.63, 3.8) is 0 Å². The second-order valence-electron chi connectivity index (χ2n) is 7.56. The maximum atomic E-state index is 12.7. The number of aldehydes is 1. The zero-order valence-corrected chi connectivity index (χ0v) is 16.9. The molecular formula is C24H21F3N2O2. The van der Waals surface area contributed by atoms with Crippen LogP contribution in [0.5, 0.6) is 5.88 Å². The summed E-state index contributed by atoms with van der Waals surface area (Å²) in [6, 6.07) is 16.0. The van der Waals surface area contributed by atoms with Crippen molar-refractivity contribution in [2.45, 2.75) is 25.6 Å². The van der Waals surface area contributed by atoms with Gasteiger partial charge in [0.1, 0.15) is 6.10 Å². The van der Waals surface area contributed by atoms with Crippen molar-refractivity contribution >= 4 is 12.0 Å². The zero-order valence-electron chi connectivity index (χ0n) is 16.9. The van der Waals surface area contributed by atoms with Crippen molar-refractivity contribution in [2.75, 3.05) is 18.0 Å². The number of hydrogen-bond donors (Lipinski definition) is 0. The van der Waals surface area contributed by atoms with E-state index in [1.807, 2.05) is 49.4 Å². The maximum absolute atomic E-state index is 12.7. The molecule has 1 atom stereocenters. The maximum Gasteiger partial charge on any atom is 0.417 e. The Labute approximate surface area is 178 Å². The summed E-state index contributed by atoms with van der Waals surface area (Å²) in [7, 11) is 0. The van der Waals surface area contributed by atoms with E-state index < -0.39 is 11.7 Å². The molecule has 0 spiro atoms. The minimum atomic E-state index is -4.43. The van der Waals surface area contributed by atoms with Gasteiger partial charge in [-0.15, -0.1) is 0 Å². The summed E-state index contributed by atoms with van der Waals surface area (Å²) in [6.45, 7) is 3.23. The molecule has 1 aromatic heterocycles. The number of benzene rings is 2. The molecule has 4 rings (SSSR count). The van der Waals surface area contributed by atoms with E-state index >= 15 is 0 Å². The number of hydrogen-bond acceptors (Lipinski definition) is 4. The highest BCUT2D eigenvalue weighted by Crippen LogP contribution is 2.32. The second kappa shape index (κ2) is 8.41. The predicted octanol–water partition coefficient (Wildman–Crippen LogP) is 5.55. The van der Waals surface area contributed by atoms with Gasteiger partial charge in [0.25, 0.3) is 0 Å². The smallest absolute Gasteiger partial charge is 0.417 e. The first-order chi connectivity index (χ1) is 14.8. The van der Waals surface area contributed by atoms with Gasteiger partial charge in [0.2, 0.25) is 5.88 Å². The van der Waals surface area contributed by atoms with E-state index in [0.29, 0.717) is 25.1 Å². The van der Waals surface area contributed by atoms with Gasteiger partial charge in [0.15, 0.2) is 6.29 Å². The third kappa shape index (κ3) is 4.55. The Hall–Kier alpha value is -3.35. The normalized spacial score (nSPS) is 16.4. The van der Waals surface area contributed by atoms with Crippen LogP contribution in [0.1, 0.15) is 27.9 Å². The van der Waals surface area contributed by atoms with Gasteiger partial charge in [-0.05, 0) is 41.8 Å². The molecule has 0 unspecified atom stereocenters. The van der Waals surface area contributed by atoms with Gasteiger partial charge in [-0.2, -0.15) is 13.2 Å². The number of carbonyl (C=O) groups excluding carboxylic acids is 1. The van der Waals surface area contributed by atoms with E-state index in [2.05, 4.69) is 9.88 Å². The van der Waals surface area contributed by atoms with E-state index in [1.54, 1.807) is 0 Å². The number of nitrogens with zero attached hydrogens (tertiary/aromatic N) is 2. The summed E-state index contributed by atoms with van der Waals surface area (Å²) in [5.41, 5.74) is 3.79.